The smallest absolute Gasteiger partial charge is 0.248 e. The maximum absolute atomic E-state index is 13.0. The van der Waals surface area contributed by atoms with Gasteiger partial charge in [-0.25, -0.2) is 13.4 Å². The number of aryl methyl sites for hydroxylation is 1. The number of anilines is 1. The highest BCUT2D eigenvalue weighted by atomic mass is 32.2. The van der Waals surface area contributed by atoms with Crippen LogP contribution in [0.2, 0.25) is 0 Å². The lowest BCUT2D eigenvalue weighted by molar-refractivity contribution is -0.115. The van der Waals surface area contributed by atoms with Crippen LogP contribution >= 0.6 is 0 Å². The van der Waals surface area contributed by atoms with Gasteiger partial charge in [-0.3, -0.25) is 9.78 Å². The van der Waals surface area contributed by atoms with E-state index >= 15 is 0 Å². The lowest BCUT2D eigenvalue weighted by atomic mass is 9.95. The van der Waals surface area contributed by atoms with Crippen molar-refractivity contribution in [1.29, 1.82) is 0 Å². The molecule has 1 atom stereocenters. The van der Waals surface area contributed by atoms with E-state index in [0.717, 1.165) is 64.9 Å². The van der Waals surface area contributed by atoms with Crippen LogP contribution in [-0.2, 0) is 14.6 Å². The largest absolute Gasteiger partial charge is 0.383 e. The number of allylic oxidation sites excluding steroid dienone is 3. The van der Waals surface area contributed by atoms with Crippen molar-refractivity contribution in [2.45, 2.75) is 70.5 Å². The predicted molar refractivity (Wildman–Crippen MR) is 149 cm³/mol. The zero-order chi connectivity index (χ0) is 26.4. The van der Waals surface area contributed by atoms with Gasteiger partial charge in [-0.2, -0.15) is 0 Å². The van der Waals surface area contributed by atoms with Gasteiger partial charge < -0.3 is 11.1 Å². The Labute approximate surface area is 219 Å². The third-order valence-electron chi connectivity index (χ3n) is 7.20. The molecule has 1 saturated carbocycles. The van der Waals surface area contributed by atoms with E-state index in [2.05, 4.69) is 21.4 Å². The van der Waals surface area contributed by atoms with Crippen LogP contribution in [0.4, 0.5) is 5.82 Å². The third kappa shape index (κ3) is 6.74. The maximum atomic E-state index is 13.0. The number of sulfone groups is 1. The Kier molecular flexibility index (Phi) is 8.59. The van der Waals surface area contributed by atoms with Gasteiger partial charge in [-0.1, -0.05) is 31.1 Å². The quantitative estimate of drug-likeness (QED) is 0.584. The minimum absolute atomic E-state index is 0.169. The fraction of sp³-hybridized carbons (Fsp3) is 0.414. The highest BCUT2D eigenvalue weighted by Gasteiger charge is 2.25. The standard InChI is InChI=1S/C29H36N4O3S/c1-3-37(35,36)24-10-6-4-8-21(12-13-24)16-28(34)32-23-9-5-7-11-25-22(17-23)18-27(33-29(25)30)26-19-31-15-14-20(26)2/h9,11,14-19,24H,3-8,10,12-13H2,1-2H3,(H2,30,33)(H,32,34)/b21-16+,22-17?,23-9?,25-11+. The van der Waals surface area contributed by atoms with Crippen LogP contribution in [0.3, 0.4) is 0 Å². The van der Waals surface area contributed by atoms with Gasteiger partial charge in [-0.05, 0) is 80.9 Å². The molecule has 7 nitrogen and oxygen atoms in total. The van der Waals surface area contributed by atoms with E-state index in [0.29, 0.717) is 30.8 Å². The fourth-order valence-electron chi connectivity index (χ4n) is 5.03. The molecular formula is C29H36N4O3S. The molecule has 2 aliphatic carbocycles. The predicted octanol–water partition coefficient (Wildman–Crippen LogP) is 3.47. The number of nitrogen functional groups attached to an aromatic ring is 1. The molecule has 1 fully saturated rings. The van der Waals surface area contributed by atoms with Crippen LogP contribution in [0, 0.1) is 6.92 Å². The van der Waals surface area contributed by atoms with E-state index in [1.165, 1.54) is 0 Å². The van der Waals surface area contributed by atoms with E-state index in [4.69, 9.17) is 5.73 Å². The van der Waals surface area contributed by atoms with Crippen LogP contribution < -0.4 is 21.5 Å². The van der Waals surface area contributed by atoms with E-state index in [1.807, 2.05) is 31.2 Å². The maximum Gasteiger partial charge on any atom is 0.248 e. The number of nitrogens with two attached hydrogens (primary N) is 1. The van der Waals surface area contributed by atoms with Crippen LogP contribution in [0.15, 0.2) is 47.9 Å². The van der Waals surface area contributed by atoms with E-state index in [9.17, 15) is 13.2 Å². The first-order chi connectivity index (χ1) is 17.8. The number of pyridine rings is 2. The molecule has 8 heteroatoms. The molecule has 1 amide bonds. The lowest BCUT2D eigenvalue weighted by Gasteiger charge is -2.20. The van der Waals surface area contributed by atoms with Crippen LogP contribution in [-0.4, -0.2) is 35.3 Å². The molecule has 37 heavy (non-hydrogen) atoms. The molecule has 2 aromatic heterocycles. The molecule has 0 spiro atoms. The molecule has 0 aliphatic heterocycles. The monoisotopic (exact) mass is 520 g/mol. The summed E-state index contributed by atoms with van der Waals surface area (Å²) in [6.07, 6.45) is 17.3. The topological polar surface area (TPSA) is 115 Å². The number of fused-ring (bicyclic) bond motifs is 1. The Hall–Kier alpha value is -3.26. The summed E-state index contributed by atoms with van der Waals surface area (Å²) in [6, 6.07) is 3.92. The van der Waals surface area contributed by atoms with E-state index in [1.54, 1.807) is 25.4 Å². The normalized spacial score (nSPS) is 20.6. The Bertz CT molecular complexity index is 1460. The second kappa shape index (κ2) is 11.9. The van der Waals surface area contributed by atoms with Crippen LogP contribution in [0.1, 0.15) is 63.9 Å². The van der Waals surface area contributed by atoms with Crippen LogP contribution in [0.5, 0.6) is 0 Å². The number of amides is 1. The number of nitrogens with one attached hydrogen (secondary N) is 1. The van der Waals surface area contributed by atoms with Crippen molar-refractivity contribution in [3.63, 3.8) is 0 Å². The zero-order valence-corrected chi connectivity index (χ0v) is 22.5. The second-order valence-corrected chi connectivity index (χ2v) is 12.4. The number of rotatable bonds is 5. The van der Waals surface area contributed by atoms with Crippen molar-refractivity contribution in [2.24, 2.45) is 0 Å². The van der Waals surface area contributed by atoms with Gasteiger partial charge in [-0.15, -0.1) is 0 Å². The molecule has 1 unspecified atom stereocenters. The van der Waals surface area contributed by atoms with E-state index < -0.39 is 9.84 Å². The summed E-state index contributed by atoms with van der Waals surface area (Å²) < 4.78 is 24.8. The molecule has 0 radical (unpaired) electrons. The van der Waals surface area contributed by atoms with Crippen LogP contribution in [0.25, 0.3) is 23.4 Å². The fourth-order valence-corrected chi connectivity index (χ4v) is 6.50. The average Bonchev–Trinajstić information content (AvgIpc) is 2.83. The Balaban J connectivity index is 1.58. The summed E-state index contributed by atoms with van der Waals surface area (Å²) in [5.41, 5.74) is 10.8. The number of hydrogen-bond donors (Lipinski definition) is 2. The summed E-state index contributed by atoms with van der Waals surface area (Å²) in [6.45, 7) is 3.72. The number of nitrogens with zero attached hydrogens (tertiary/aromatic N) is 2. The molecule has 0 saturated heterocycles. The van der Waals surface area contributed by atoms with Crippen molar-refractivity contribution < 1.29 is 13.2 Å². The minimum atomic E-state index is -3.07. The first-order valence-corrected chi connectivity index (χ1v) is 14.8. The van der Waals surface area contributed by atoms with Crippen molar-refractivity contribution in [1.82, 2.24) is 15.3 Å². The summed E-state index contributed by atoms with van der Waals surface area (Å²) in [4.78, 5) is 21.9. The summed E-state index contributed by atoms with van der Waals surface area (Å²) in [7, 11) is -3.07. The summed E-state index contributed by atoms with van der Waals surface area (Å²) in [5.74, 6) is 0.430. The third-order valence-corrected chi connectivity index (χ3v) is 9.49. The molecule has 0 aromatic carbocycles. The van der Waals surface area contributed by atoms with Gasteiger partial charge in [0.05, 0.1) is 10.9 Å². The van der Waals surface area contributed by atoms with Gasteiger partial charge in [0.2, 0.25) is 5.91 Å². The molecule has 2 heterocycles. The zero-order valence-electron chi connectivity index (χ0n) is 21.7. The molecule has 4 rings (SSSR count). The lowest BCUT2D eigenvalue weighted by Crippen LogP contribution is -2.32. The van der Waals surface area contributed by atoms with Gasteiger partial charge in [0, 0.05) is 40.7 Å². The molecule has 2 aromatic rings. The molecule has 3 N–H and O–H groups in total. The van der Waals surface area contributed by atoms with Gasteiger partial charge in [0.15, 0.2) is 9.84 Å². The SMILES string of the molecule is CCS(=O)(=O)C1CCCC/C(=C\C(=O)NC2=CCC/C=c3/c(N)nc(-c4cnccc4C)cc3=C2)CC1. The van der Waals surface area contributed by atoms with Crippen molar-refractivity contribution >= 4 is 33.7 Å². The number of carbonyl (C=O) groups is 1. The van der Waals surface area contributed by atoms with Crippen molar-refractivity contribution in [3.05, 3.63) is 63.9 Å². The van der Waals surface area contributed by atoms with Crippen molar-refractivity contribution in [3.8, 4) is 11.3 Å². The van der Waals surface area contributed by atoms with E-state index in [-0.39, 0.29) is 16.9 Å². The second-order valence-electron chi connectivity index (χ2n) is 9.82. The molecular weight excluding hydrogens is 484 g/mol. The minimum Gasteiger partial charge on any atom is -0.383 e. The Morgan fingerprint density at radius 1 is 1.19 bits per heavy atom. The number of carbonyl (C=O) groups excluding carboxylic acids is 1. The van der Waals surface area contributed by atoms with Crippen molar-refractivity contribution in [2.75, 3.05) is 11.5 Å². The molecule has 2 aliphatic rings. The van der Waals surface area contributed by atoms with Gasteiger partial charge in [0.25, 0.3) is 0 Å². The summed E-state index contributed by atoms with van der Waals surface area (Å²) >= 11 is 0. The first-order valence-electron chi connectivity index (χ1n) is 13.1. The summed E-state index contributed by atoms with van der Waals surface area (Å²) in [5, 5.41) is 4.49. The van der Waals surface area contributed by atoms with Gasteiger partial charge in [0.1, 0.15) is 5.82 Å². The van der Waals surface area contributed by atoms with Gasteiger partial charge >= 0.3 is 0 Å². The highest BCUT2D eigenvalue weighted by Crippen LogP contribution is 2.26. The Morgan fingerprint density at radius 2 is 2.00 bits per heavy atom. The molecule has 196 valence electrons. The number of hydrogen-bond acceptors (Lipinski definition) is 6. The molecule has 0 bridgehead atoms. The average molecular weight is 521 g/mol. The highest BCUT2D eigenvalue weighted by molar-refractivity contribution is 7.92. The number of aromatic nitrogens is 2. The first kappa shape index (κ1) is 26.8. The Morgan fingerprint density at radius 3 is 2.78 bits per heavy atom.